The summed E-state index contributed by atoms with van der Waals surface area (Å²) in [5.74, 6) is -0.462. The van der Waals surface area contributed by atoms with E-state index in [1.54, 1.807) is 0 Å². The largest absolute Gasteiger partial charge is 0.313 e. The van der Waals surface area contributed by atoms with Crippen LogP contribution in [0, 0.1) is 0 Å². The number of benzene rings is 10. The van der Waals surface area contributed by atoms with Gasteiger partial charge in [-0.2, -0.15) is 0 Å². The first kappa shape index (κ1) is 38.5. The van der Waals surface area contributed by atoms with Crippen LogP contribution in [0.1, 0.15) is 22.3 Å². The number of halogens is 3. The smallest absolute Gasteiger partial charge is 0.249 e. The van der Waals surface area contributed by atoms with Gasteiger partial charge in [0.1, 0.15) is 0 Å². The minimum Gasteiger partial charge on any atom is -0.313 e. The number of amides is 2. The normalized spacial score (nSPS) is 18.4. The lowest BCUT2D eigenvalue weighted by Gasteiger charge is -2.62. The second-order valence-corrected chi connectivity index (χ2v) is 18.2. The molecule has 3 heterocycles. The van der Waals surface area contributed by atoms with E-state index in [0.717, 1.165) is 55.1 Å². The molecule has 1 saturated heterocycles. The van der Waals surface area contributed by atoms with E-state index < -0.39 is 15.4 Å². The standard InChI is InChI=1S/C54H36N2O2.CHCl3/c1-55-51(57)53(37-23-11-5-12-24-37)43-31-41-42(32-44(43)54(55,56(2)52(53)58)38-25-13-6-14-26-38)48(34-19-9-4-10-20-34)50-40-28-16-22-36-30-29-35-21-15-27-39(45(35)46(36)40)49(50)47(41)33-17-7-3-8-18-33;2-1(3)4/h3-32H,1-2H3;1H. The number of alkyl halides is 3. The van der Waals surface area contributed by atoms with E-state index in [-0.39, 0.29) is 11.8 Å². The summed E-state index contributed by atoms with van der Waals surface area (Å²) in [6.45, 7) is 0. The molecule has 0 aliphatic carbocycles. The van der Waals surface area contributed by atoms with Crippen molar-refractivity contribution in [2.45, 2.75) is 15.4 Å². The first-order valence-corrected chi connectivity index (χ1v) is 21.9. The van der Waals surface area contributed by atoms with Gasteiger partial charge < -0.3 is 9.80 Å². The fourth-order valence-electron chi connectivity index (χ4n) is 11.1. The van der Waals surface area contributed by atoms with Gasteiger partial charge in [-0.25, -0.2) is 0 Å². The van der Waals surface area contributed by atoms with Crippen LogP contribution in [-0.2, 0) is 20.7 Å². The minimum atomic E-state index is -1.60. The number of hydrogen-bond acceptors (Lipinski definition) is 2. The molecule has 0 atom stereocenters. The zero-order valence-electron chi connectivity index (χ0n) is 33.7. The summed E-state index contributed by atoms with van der Waals surface area (Å²) >= 11 is 14.4. The Morgan fingerprint density at radius 1 is 0.419 bits per heavy atom. The predicted octanol–water partition coefficient (Wildman–Crippen LogP) is 13.6. The Kier molecular flexibility index (Phi) is 8.89. The Morgan fingerprint density at radius 2 is 0.806 bits per heavy atom. The molecular formula is C55H37Cl3N2O2. The highest BCUT2D eigenvalue weighted by Gasteiger charge is 2.69. The average molecular weight is 864 g/mol. The number of nitrogens with zero attached hydrogens (tertiary/aromatic N) is 2. The van der Waals surface area contributed by atoms with Crippen LogP contribution in [0.15, 0.2) is 182 Å². The summed E-state index contributed by atoms with van der Waals surface area (Å²) in [5.41, 5.74) is 4.78. The predicted molar refractivity (Wildman–Crippen MR) is 257 cm³/mol. The molecule has 0 aromatic heterocycles. The summed E-state index contributed by atoms with van der Waals surface area (Å²) in [5, 5.41) is 11.7. The fourth-order valence-corrected chi connectivity index (χ4v) is 11.1. The maximum atomic E-state index is 15.5. The highest BCUT2D eigenvalue weighted by molar-refractivity contribution is 6.63. The number of carbonyl (C=O) groups excluding carboxylic acids is 2. The zero-order valence-corrected chi connectivity index (χ0v) is 36.0. The first-order valence-electron chi connectivity index (χ1n) is 20.5. The first-order chi connectivity index (χ1) is 30.2. The molecule has 0 saturated carbocycles. The fraction of sp³-hybridized carbons (Fsp3) is 0.0909. The number of likely N-dealkylation sites (N-methyl/N-ethyl adjacent to an activating group) is 2. The summed E-state index contributed by atoms with van der Waals surface area (Å²) in [4.78, 5) is 34.6. The Balaban J connectivity index is 0.00000104. The van der Waals surface area contributed by atoms with Gasteiger partial charge in [-0.15, -0.1) is 0 Å². The lowest BCUT2D eigenvalue weighted by Crippen LogP contribution is -2.77. The van der Waals surface area contributed by atoms with Crippen molar-refractivity contribution in [2.24, 2.45) is 0 Å². The molecule has 2 bridgehead atoms. The van der Waals surface area contributed by atoms with Crippen molar-refractivity contribution in [1.29, 1.82) is 0 Å². The van der Waals surface area contributed by atoms with Gasteiger partial charge in [0.2, 0.25) is 11.8 Å². The lowest BCUT2D eigenvalue weighted by atomic mass is 9.60. The number of rotatable bonds is 4. The minimum absolute atomic E-state index is 0.231. The van der Waals surface area contributed by atoms with Crippen molar-refractivity contribution in [3.63, 3.8) is 0 Å². The van der Waals surface area contributed by atoms with E-state index in [9.17, 15) is 0 Å². The summed E-state index contributed by atoms with van der Waals surface area (Å²) in [6.07, 6.45) is 0. The Hall–Kier alpha value is -6.43. The second kappa shape index (κ2) is 14.3. The van der Waals surface area contributed by atoms with Crippen molar-refractivity contribution < 1.29 is 9.59 Å². The highest BCUT2D eigenvalue weighted by atomic mass is 35.6. The van der Waals surface area contributed by atoms with Gasteiger partial charge in [0.05, 0.1) is 0 Å². The van der Waals surface area contributed by atoms with Gasteiger partial charge in [-0.3, -0.25) is 9.59 Å². The molecule has 0 N–H and O–H groups in total. The van der Waals surface area contributed by atoms with Gasteiger partial charge in [-0.1, -0.05) is 205 Å². The molecule has 1 fully saturated rings. The van der Waals surface area contributed by atoms with Crippen molar-refractivity contribution in [1.82, 2.24) is 9.80 Å². The van der Waals surface area contributed by atoms with Crippen LogP contribution < -0.4 is 0 Å². The molecule has 7 heteroatoms. The zero-order chi connectivity index (χ0) is 42.5. The SMILES string of the molecule is CN1C(=O)C2(c3ccccc3)C(=O)N(C)C1(c1ccccc1)c1cc3c(-c4ccccc4)c4c5cccc6ccc7cccc(c4c(-c4ccccc4)c3cc12)c7c65.ClC(Cl)Cl. The van der Waals surface area contributed by atoms with Crippen molar-refractivity contribution in [2.75, 3.05) is 14.1 Å². The molecule has 3 aliphatic rings. The van der Waals surface area contributed by atoms with E-state index in [1.165, 1.54) is 37.7 Å². The molecule has 10 aromatic rings. The van der Waals surface area contributed by atoms with Crippen LogP contribution in [0.4, 0.5) is 0 Å². The molecular weight excluding hydrogens is 827 g/mol. The average Bonchev–Trinajstić information content (AvgIpc) is 3.31. The van der Waals surface area contributed by atoms with Crippen LogP contribution >= 0.6 is 34.8 Å². The topological polar surface area (TPSA) is 40.6 Å². The van der Waals surface area contributed by atoms with Crippen LogP contribution in [0.25, 0.3) is 76.1 Å². The lowest BCUT2D eigenvalue weighted by molar-refractivity contribution is -0.176. The van der Waals surface area contributed by atoms with E-state index in [4.69, 9.17) is 34.8 Å². The molecule has 3 aliphatic heterocycles. The van der Waals surface area contributed by atoms with E-state index in [1.807, 2.05) is 84.6 Å². The van der Waals surface area contributed by atoms with Crippen LogP contribution in [0.5, 0.6) is 0 Å². The Labute approximate surface area is 373 Å². The molecule has 62 heavy (non-hydrogen) atoms. The highest BCUT2D eigenvalue weighted by Crippen LogP contribution is 2.60. The van der Waals surface area contributed by atoms with E-state index in [0.29, 0.717) is 5.56 Å². The summed E-state index contributed by atoms with van der Waals surface area (Å²) < 4.78 is -0.750. The van der Waals surface area contributed by atoms with E-state index >= 15 is 9.59 Å². The van der Waals surface area contributed by atoms with Gasteiger partial charge in [-0.05, 0) is 99.4 Å². The van der Waals surface area contributed by atoms with Crippen molar-refractivity contribution in [3.8, 4) is 22.3 Å². The monoisotopic (exact) mass is 862 g/mol. The summed E-state index contributed by atoms with van der Waals surface area (Å²) in [7, 11) is 3.73. The number of carbonyl (C=O) groups is 2. The van der Waals surface area contributed by atoms with Gasteiger partial charge >= 0.3 is 0 Å². The third-order valence-corrected chi connectivity index (χ3v) is 13.4. The molecule has 10 aromatic carbocycles. The number of fused-ring (bicyclic) bond motifs is 6. The molecule has 0 radical (unpaired) electrons. The molecule has 300 valence electrons. The molecule has 0 spiro atoms. The van der Waals surface area contributed by atoms with Gasteiger partial charge in [0, 0.05) is 25.2 Å². The second-order valence-electron chi connectivity index (χ2n) is 16.2. The Morgan fingerprint density at radius 3 is 1.24 bits per heavy atom. The third-order valence-electron chi connectivity index (χ3n) is 13.4. The molecule has 13 rings (SSSR count). The van der Waals surface area contributed by atoms with Crippen LogP contribution in [0.2, 0.25) is 0 Å². The quantitative estimate of drug-likeness (QED) is 0.0765. The van der Waals surface area contributed by atoms with Gasteiger partial charge in [0.25, 0.3) is 0 Å². The van der Waals surface area contributed by atoms with Crippen molar-refractivity contribution in [3.05, 3.63) is 204 Å². The van der Waals surface area contributed by atoms with Gasteiger partial charge in [0.15, 0.2) is 15.4 Å². The molecule has 4 nitrogen and oxygen atoms in total. The van der Waals surface area contributed by atoms with Crippen LogP contribution in [-0.4, -0.2) is 40.0 Å². The Bertz CT molecular complexity index is 3390. The van der Waals surface area contributed by atoms with E-state index in [2.05, 4.69) is 121 Å². The third kappa shape index (κ3) is 5.09. The maximum Gasteiger partial charge on any atom is 0.249 e. The number of hydrogen-bond donors (Lipinski definition) is 0. The molecule has 0 unspecified atom stereocenters. The maximum absolute atomic E-state index is 15.5. The molecule has 2 amide bonds. The van der Waals surface area contributed by atoms with Crippen LogP contribution in [0.3, 0.4) is 0 Å². The summed E-state index contributed by atoms with van der Waals surface area (Å²) in [6, 6.07) is 63.5. The van der Waals surface area contributed by atoms with Crippen molar-refractivity contribution >= 4 is 100 Å².